The van der Waals surface area contributed by atoms with Gasteiger partial charge < -0.3 is 15.0 Å². The summed E-state index contributed by atoms with van der Waals surface area (Å²) in [5, 5.41) is 3.62. The second-order valence-corrected chi connectivity index (χ2v) is 7.05. The van der Waals surface area contributed by atoms with Crippen LogP contribution >= 0.6 is 35.0 Å². The molecule has 0 spiro atoms. The van der Waals surface area contributed by atoms with Gasteiger partial charge in [0, 0.05) is 23.0 Å². The average molecular weight is 413 g/mol. The molecule has 0 bridgehead atoms. The quantitative estimate of drug-likeness (QED) is 0.692. The summed E-state index contributed by atoms with van der Waals surface area (Å²) in [5.74, 6) is -0.322. The number of carbonyl (C=O) groups is 2. The lowest BCUT2D eigenvalue weighted by atomic mass is 10.3. The Hall–Kier alpha value is -1.89. The van der Waals surface area contributed by atoms with E-state index in [1.807, 2.05) is 30.5 Å². The molecule has 0 aromatic heterocycles. The summed E-state index contributed by atoms with van der Waals surface area (Å²) in [6, 6.07) is 12.2. The molecule has 0 radical (unpaired) electrons. The molecule has 2 aromatic rings. The topological polar surface area (TPSA) is 58.6 Å². The highest BCUT2D eigenvalue weighted by atomic mass is 35.5. The Balaban J connectivity index is 1.88. The van der Waals surface area contributed by atoms with Crippen molar-refractivity contribution in [3.05, 3.63) is 52.5 Å². The molecule has 26 heavy (non-hydrogen) atoms. The normalized spacial score (nSPS) is 10.3. The monoisotopic (exact) mass is 412 g/mol. The second-order valence-electron chi connectivity index (χ2n) is 5.36. The zero-order chi connectivity index (χ0) is 19.1. The lowest BCUT2D eigenvalue weighted by Crippen LogP contribution is -2.37. The first-order valence-corrected chi connectivity index (χ1v) is 9.63. The van der Waals surface area contributed by atoms with Crippen molar-refractivity contribution in [2.45, 2.75) is 4.90 Å². The van der Waals surface area contributed by atoms with E-state index in [4.69, 9.17) is 27.9 Å². The average Bonchev–Trinajstić information content (AvgIpc) is 2.62. The summed E-state index contributed by atoms with van der Waals surface area (Å²) < 4.78 is 5.39. The number of halogens is 2. The highest BCUT2D eigenvalue weighted by molar-refractivity contribution is 7.98. The van der Waals surface area contributed by atoms with Crippen LogP contribution in [0.5, 0.6) is 5.75 Å². The van der Waals surface area contributed by atoms with E-state index < -0.39 is 0 Å². The predicted molar refractivity (Wildman–Crippen MR) is 106 cm³/mol. The van der Waals surface area contributed by atoms with Crippen LogP contribution < -0.4 is 10.1 Å². The molecule has 0 aliphatic rings. The van der Waals surface area contributed by atoms with Crippen LogP contribution in [0, 0.1) is 0 Å². The first-order valence-electron chi connectivity index (χ1n) is 7.65. The van der Waals surface area contributed by atoms with Crippen molar-refractivity contribution in [3.8, 4) is 5.75 Å². The summed E-state index contributed by atoms with van der Waals surface area (Å²) >= 11 is 13.4. The minimum atomic E-state index is -0.352. The molecular weight excluding hydrogens is 395 g/mol. The van der Waals surface area contributed by atoms with E-state index in [0.29, 0.717) is 21.5 Å². The number of amides is 2. The Kier molecular flexibility index (Phi) is 7.63. The first-order chi connectivity index (χ1) is 12.4. The fraction of sp³-hybridized carbons (Fsp3) is 0.222. The van der Waals surface area contributed by atoms with E-state index in [1.165, 1.54) is 29.8 Å². The summed E-state index contributed by atoms with van der Waals surface area (Å²) in [6.45, 7) is -0.334. The van der Waals surface area contributed by atoms with Crippen molar-refractivity contribution in [1.82, 2.24) is 4.90 Å². The van der Waals surface area contributed by atoms with Gasteiger partial charge in [0.1, 0.15) is 5.75 Å². The smallest absolute Gasteiger partial charge is 0.260 e. The number of thioether (sulfide) groups is 1. The van der Waals surface area contributed by atoms with Crippen LogP contribution in [-0.4, -0.2) is 43.2 Å². The van der Waals surface area contributed by atoms with E-state index in [2.05, 4.69) is 5.32 Å². The minimum Gasteiger partial charge on any atom is -0.482 e. The summed E-state index contributed by atoms with van der Waals surface area (Å²) in [5.41, 5.74) is 0.716. The van der Waals surface area contributed by atoms with Crippen molar-refractivity contribution in [3.63, 3.8) is 0 Å². The van der Waals surface area contributed by atoms with Gasteiger partial charge in [0.05, 0.1) is 17.3 Å². The molecule has 0 aliphatic heterocycles. The summed E-state index contributed by atoms with van der Waals surface area (Å²) in [6.07, 6.45) is 1.93. The van der Waals surface area contributed by atoms with Gasteiger partial charge in [0.15, 0.2) is 6.61 Å². The third-order valence-corrected chi connectivity index (χ3v) is 4.78. The van der Waals surface area contributed by atoms with E-state index in [1.54, 1.807) is 12.1 Å². The maximum Gasteiger partial charge on any atom is 0.260 e. The van der Waals surface area contributed by atoms with Gasteiger partial charge in [0.25, 0.3) is 5.91 Å². The third-order valence-electron chi connectivity index (χ3n) is 3.43. The van der Waals surface area contributed by atoms with Crippen molar-refractivity contribution < 1.29 is 14.3 Å². The highest BCUT2D eigenvalue weighted by Crippen LogP contribution is 2.27. The lowest BCUT2D eigenvalue weighted by molar-refractivity contribution is -0.135. The molecule has 1 N–H and O–H groups in total. The number of hydrogen-bond acceptors (Lipinski definition) is 4. The van der Waals surface area contributed by atoms with Gasteiger partial charge in [-0.1, -0.05) is 35.3 Å². The molecule has 0 aliphatic carbocycles. The molecule has 0 heterocycles. The second kappa shape index (κ2) is 9.71. The molecule has 0 fully saturated rings. The first kappa shape index (κ1) is 20.4. The maximum absolute atomic E-state index is 12.2. The number of anilines is 1. The molecule has 138 valence electrons. The number of carbonyl (C=O) groups excluding carboxylic acids is 2. The third kappa shape index (κ3) is 5.83. The number of para-hydroxylation sites is 1. The molecule has 0 atom stereocenters. The van der Waals surface area contributed by atoms with Crippen LogP contribution in [0.3, 0.4) is 0 Å². The van der Waals surface area contributed by atoms with E-state index in [-0.39, 0.29) is 25.0 Å². The highest BCUT2D eigenvalue weighted by Gasteiger charge is 2.15. The number of ether oxygens (including phenoxy) is 1. The van der Waals surface area contributed by atoms with Gasteiger partial charge in [-0.15, -0.1) is 11.8 Å². The SMILES string of the molecule is CSc1ccccc1NC(=O)CN(C)C(=O)COc1cc(Cl)ccc1Cl. The minimum absolute atomic E-state index is 0.0891. The van der Waals surface area contributed by atoms with Gasteiger partial charge >= 0.3 is 0 Å². The van der Waals surface area contributed by atoms with E-state index in [0.717, 1.165) is 4.90 Å². The Morgan fingerprint density at radius 1 is 1.19 bits per heavy atom. The molecule has 2 aromatic carbocycles. The maximum atomic E-state index is 12.2. The Morgan fingerprint density at radius 3 is 2.65 bits per heavy atom. The lowest BCUT2D eigenvalue weighted by Gasteiger charge is -2.18. The van der Waals surface area contributed by atoms with Crippen molar-refractivity contribution >= 4 is 52.5 Å². The van der Waals surface area contributed by atoms with Gasteiger partial charge in [-0.2, -0.15) is 0 Å². The number of nitrogens with zero attached hydrogens (tertiary/aromatic N) is 1. The fourth-order valence-corrected chi connectivity index (χ4v) is 2.97. The molecule has 0 saturated heterocycles. The number of hydrogen-bond donors (Lipinski definition) is 1. The van der Waals surface area contributed by atoms with E-state index in [9.17, 15) is 9.59 Å². The van der Waals surface area contributed by atoms with Crippen LogP contribution in [0.4, 0.5) is 5.69 Å². The van der Waals surface area contributed by atoms with E-state index >= 15 is 0 Å². The summed E-state index contributed by atoms with van der Waals surface area (Å²) in [4.78, 5) is 26.6. The summed E-state index contributed by atoms with van der Waals surface area (Å²) in [7, 11) is 1.53. The zero-order valence-corrected chi connectivity index (χ0v) is 16.6. The van der Waals surface area contributed by atoms with Gasteiger partial charge in [-0.25, -0.2) is 0 Å². The largest absolute Gasteiger partial charge is 0.482 e. The predicted octanol–water partition coefficient (Wildman–Crippen LogP) is 4.19. The van der Waals surface area contributed by atoms with Crippen LogP contribution in [0.2, 0.25) is 10.0 Å². The van der Waals surface area contributed by atoms with Crippen molar-refractivity contribution in [2.24, 2.45) is 0 Å². The van der Waals surface area contributed by atoms with Crippen LogP contribution in [-0.2, 0) is 9.59 Å². The molecule has 0 unspecified atom stereocenters. The number of benzene rings is 2. The molecule has 2 amide bonds. The van der Waals surface area contributed by atoms with Crippen LogP contribution in [0.25, 0.3) is 0 Å². The van der Waals surface area contributed by atoms with Crippen LogP contribution in [0.1, 0.15) is 0 Å². The van der Waals surface area contributed by atoms with Crippen LogP contribution in [0.15, 0.2) is 47.4 Å². The van der Waals surface area contributed by atoms with Gasteiger partial charge in [0.2, 0.25) is 5.91 Å². The van der Waals surface area contributed by atoms with Gasteiger partial charge in [-0.3, -0.25) is 9.59 Å². The zero-order valence-electron chi connectivity index (χ0n) is 14.3. The molecular formula is C18H18Cl2N2O3S. The number of likely N-dealkylation sites (N-methyl/N-ethyl adjacent to an activating group) is 1. The van der Waals surface area contributed by atoms with Crippen molar-refractivity contribution in [1.29, 1.82) is 0 Å². The molecule has 2 rings (SSSR count). The Morgan fingerprint density at radius 2 is 1.92 bits per heavy atom. The molecule has 5 nitrogen and oxygen atoms in total. The fourth-order valence-electron chi connectivity index (χ4n) is 2.08. The van der Waals surface area contributed by atoms with Gasteiger partial charge in [-0.05, 0) is 30.5 Å². The molecule has 0 saturated carbocycles. The Bertz CT molecular complexity index is 802. The molecule has 8 heteroatoms. The number of rotatable bonds is 7. The standard InChI is InChI=1S/C18H18Cl2N2O3S/c1-22(10-17(23)21-14-5-3-4-6-16(14)26-2)18(24)11-25-15-9-12(19)7-8-13(15)20/h3-9H,10-11H2,1-2H3,(H,21,23). The van der Waals surface area contributed by atoms with Crippen molar-refractivity contribution in [2.75, 3.05) is 31.8 Å². The Labute approximate surface area is 166 Å². The number of nitrogens with one attached hydrogen (secondary N) is 1.